The van der Waals surface area contributed by atoms with Gasteiger partial charge in [0.05, 0.1) is 12.3 Å². The van der Waals surface area contributed by atoms with Crippen molar-refractivity contribution in [2.24, 2.45) is 0 Å². The second-order valence-corrected chi connectivity index (χ2v) is 5.19. The van der Waals surface area contributed by atoms with Crippen molar-refractivity contribution >= 4 is 11.7 Å². The zero-order chi connectivity index (χ0) is 15.1. The van der Waals surface area contributed by atoms with Crippen LogP contribution >= 0.6 is 0 Å². The molecule has 5 heteroatoms. The normalized spacial score (nSPS) is 15.8. The van der Waals surface area contributed by atoms with Gasteiger partial charge in [0, 0.05) is 26.2 Å². The number of nitrogens with zero attached hydrogens (tertiary/aromatic N) is 2. The molecule has 0 spiro atoms. The van der Waals surface area contributed by atoms with Crippen LogP contribution in [0.4, 0.5) is 10.5 Å². The molecule has 2 amide bonds. The summed E-state index contributed by atoms with van der Waals surface area (Å²) < 4.78 is 5.53. The monoisotopic (exact) mass is 291 g/mol. The molecule has 1 aliphatic rings. The third kappa shape index (κ3) is 4.36. The first-order valence-corrected chi connectivity index (χ1v) is 7.74. The summed E-state index contributed by atoms with van der Waals surface area (Å²) in [5.41, 5.74) is 0.736. The Morgan fingerprint density at radius 3 is 2.57 bits per heavy atom. The minimum atomic E-state index is -0.0432. The van der Waals surface area contributed by atoms with E-state index in [0.717, 1.165) is 50.6 Å². The molecule has 21 heavy (non-hydrogen) atoms. The number of rotatable bonds is 5. The third-order valence-electron chi connectivity index (χ3n) is 3.63. The van der Waals surface area contributed by atoms with E-state index in [1.165, 1.54) is 0 Å². The summed E-state index contributed by atoms with van der Waals surface area (Å²) in [5, 5.41) is 2.96. The first kappa shape index (κ1) is 15.6. The van der Waals surface area contributed by atoms with Crippen molar-refractivity contribution in [2.75, 3.05) is 44.6 Å². The molecule has 1 aromatic rings. The zero-order valence-corrected chi connectivity index (χ0v) is 13.0. The molecule has 0 atom stereocenters. The van der Waals surface area contributed by atoms with Crippen LogP contribution in [0.3, 0.4) is 0 Å². The molecular weight excluding hydrogens is 266 g/mol. The Balaban J connectivity index is 1.90. The molecule has 0 bridgehead atoms. The van der Waals surface area contributed by atoms with Crippen LogP contribution in [0, 0.1) is 0 Å². The maximum atomic E-state index is 12.3. The minimum absolute atomic E-state index is 0.0432. The Kier molecular flexibility index (Phi) is 5.87. The number of nitrogens with one attached hydrogen (secondary N) is 1. The number of urea groups is 1. The van der Waals surface area contributed by atoms with Crippen molar-refractivity contribution in [1.29, 1.82) is 0 Å². The predicted molar refractivity (Wildman–Crippen MR) is 84.9 cm³/mol. The SMILES string of the molecule is CCCN1CCN(C(=O)Nc2ccccc2OCC)CC1. The van der Waals surface area contributed by atoms with E-state index in [1.54, 1.807) is 0 Å². The average molecular weight is 291 g/mol. The van der Waals surface area contributed by atoms with Gasteiger partial charge in [-0.15, -0.1) is 0 Å². The van der Waals surface area contributed by atoms with E-state index in [-0.39, 0.29) is 6.03 Å². The third-order valence-corrected chi connectivity index (χ3v) is 3.63. The summed E-state index contributed by atoms with van der Waals surface area (Å²) in [6.45, 7) is 9.29. The molecule has 1 aromatic carbocycles. The lowest BCUT2D eigenvalue weighted by Gasteiger charge is -2.34. The average Bonchev–Trinajstić information content (AvgIpc) is 2.50. The standard InChI is InChI=1S/C16H25N3O2/c1-3-9-18-10-12-19(13-11-18)16(20)17-14-7-5-6-8-15(14)21-4-2/h5-8H,3-4,9-13H2,1-2H3,(H,17,20). The lowest BCUT2D eigenvalue weighted by atomic mass is 10.3. The fraction of sp³-hybridized carbons (Fsp3) is 0.562. The number of benzene rings is 1. The van der Waals surface area contributed by atoms with Gasteiger partial charge in [-0.1, -0.05) is 19.1 Å². The van der Waals surface area contributed by atoms with Crippen molar-refractivity contribution in [1.82, 2.24) is 9.80 Å². The Morgan fingerprint density at radius 1 is 1.19 bits per heavy atom. The molecule has 0 aromatic heterocycles. The second-order valence-electron chi connectivity index (χ2n) is 5.19. The second kappa shape index (κ2) is 7.88. The lowest BCUT2D eigenvalue weighted by molar-refractivity contribution is 0.147. The van der Waals surface area contributed by atoms with Crippen molar-refractivity contribution < 1.29 is 9.53 Å². The Morgan fingerprint density at radius 2 is 1.90 bits per heavy atom. The molecule has 1 fully saturated rings. The topological polar surface area (TPSA) is 44.8 Å². The molecule has 5 nitrogen and oxygen atoms in total. The van der Waals surface area contributed by atoms with E-state index in [4.69, 9.17) is 4.74 Å². The molecule has 1 heterocycles. The quantitative estimate of drug-likeness (QED) is 0.907. The number of carbonyl (C=O) groups is 1. The van der Waals surface area contributed by atoms with Crippen molar-refractivity contribution in [3.8, 4) is 5.75 Å². The van der Waals surface area contributed by atoms with Gasteiger partial charge in [0.1, 0.15) is 5.75 Å². The molecule has 1 N–H and O–H groups in total. The van der Waals surface area contributed by atoms with Crippen LogP contribution in [0.5, 0.6) is 5.75 Å². The Hall–Kier alpha value is -1.75. The minimum Gasteiger partial charge on any atom is -0.492 e. The molecule has 0 saturated carbocycles. The summed E-state index contributed by atoms with van der Waals surface area (Å²) in [5.74, 6) is 0.720. The van der Waals surface area contributed by atoms with E-state index < -0.39 is 0 Å². The fourth-order valence-corrected chi connectivity index (χ4v) is 2.54. The van der Waals surface area contributed by atoms with Crippen LogP contribution in [-0.2, 0) is 0 Å². The number of hydrogen-bond donors (Lipinski definition) is 1. The van der Waals surface area contributed by atoms with E-state index >= 15 is 0 Å². The van der Waals surface area contributed by atoms with Crippen LogP contribution in [-0.4, -0.2) is 55.2 Å². The number of amides is 2. The maximum absolute atomic E-state index is 12.3. The Labute approximate surface area is 126 Å². The van der Waals surface area contributed by atoms with Crippen molar-refractivity contribution in [3.63, 3.8) is 0 Å². The van der Waals surface area contributed by atoms with Gasteiger partial charge in [-0.25, -0.2) is 4.79 Å². The van der Waals surface area contributed by atoms with Crippen LogP contribution < -0.4 is 10.1 Å². The van der Waals surface area contributed by atoms with E-state index in [2.05, 4.69) is 17.1 Å². The Bertz CT molecular complexity index is 457. The van der Waals surface area contributed by atoms with Gasteiger partial charge in [-0.3, -0.25) is 4.90 Å². The van der Waals surface area contributed by atoms with Crippen LogP contribution in [0.25, 0.3) is 0 Å². The number of para-hydroxylation sites is 2. The zero-order valence-electron chi connectivity index (χ0n) is 13.0. The molecule has 0 aliphatic carbocycles. The molecule has 116 valence electrons. The number of piperazine rings is 1. The summed E-state index contributed by atoms with van der Waals surface area (Å²) in [4.78, 5) is 16.6. The van der Waals surface area contributed by atoms with Gasteiger partial charge in [-0.05, 0) is 32.0 Å². The molecule has 1 aliphatic heterocycles. The molecule has 0 radical (unpaired) electrons. The van der Waals surface area contributed by atoms with E-state index in [1.807, 2.05) is 36.1 Å². The molecule has 2 rings (SSSR count). The number of carbonyl (C=O) groups excluding carboxylic acids is 1. The number of hydrogen-bond acceptors (Lipinski definition) is 3. The van der Waals surface area contributed by atoms with Gasteiger partial charge >= 0.3 is 6.03 Å². The highest BCUT2D eigenvalue weighted by molar-refractivity contribution is 5.91. The van der Waals surface area contributed by atoms with Gasteiger partial charge < -0.3 is 15.0 Å². The highest BCUT2D eigenvalue weighted by atomic mass is 16.5. The van der Waals surface area contributed by atoms with E-state index in [9.17, 15) is 4.79 Å². The first-order valence-electron chi connectivity index (χ1n) is 7.74. The van der Waals surface area contributed by atoms with Gasteiger partial charge in [-0.2, -0.15) is 0 Å². The molecule has 0 unspecified atom stereocenters. The molecule has 1 saturated heterocycles. The fourth-order valence-electron chi connectivity index (χ4n) is 2.54. The van der Waals surface area contributed by atoms with Crippen molar-refractivity contribution in [3.05, 3.63) is 24.3 Å². The highest BCUT2D eigenvalue weighted by Gasteiger charge is 2.21. The molecular formula is C16H25N3O2. The van der Waals surface area contributed by atoms with Crippen molar-refractivity contribution in [2.45, 2.75) is 20.3 Å². The summed E-state index contributed by atoms with van der Waals surface area (Å²) in [6, 6.07) is 7.51. The number of ether oxygens (including phenoxy) is 1. The largest absolute Gasteiger partial charge is 0.492 e. The first-order chi connectivity index (χ1) is 10.2. The smallest absolute Gasteiger partial charge is 0.322 e. The van der Waals surface area contributed by atoms with Crippen LogP contribution in [0.15, 0.2) is 24.3 Å². The van der Waals surface area contributed by atoms with Gasteiger partial charge in [0.2, 0.25) is 0 Å². The predicted octanol–water partition coefficient (Wildman–Crippen LogP) is 2.64. The van der Waals surface area contributed by atoms with Gasteiger partial charge in [0.25, 0.3) is 0 Å². The van der Waals surface area contributed by atoms with Gasteiger partial charge in [0.15, 0.2) is 0 Å². The highest BCUT2D eigenvalue weighted by Crippen LogP contribution is 2.24. The van der Waals surface area contributed by atoms with Crippen LogP contribution in [0.2, 0.25) is 0 Å². The lowest BCUT2D eigenvalue weighted by Crippen LogP contribution is -2.50. The summed E-state index contributed by atoms with van der Waals surface area (Å²) in [6.07, 6.45) is 1.16. The summed E-state index contributed by atoms with van der Waals surface area (Å²) >= 11 is 0. The number of anilines is 1. The van der Waals surface area contributed by atoms with Crippen LogP contribution in [0.1, 0.15) is 20.3 Å². The maximum Gasteiger partial charge on any atom is 0.322 e. The van der Waals surface area contributed by atoms with E-state index in [0.29, 0.717) is 6.61 Å². The summed E-state index contributed by atoms with van der Waals surface area (Å²) in [7, 11) is 0.